The van der Waals surface area contributed by atoms with Crippen LogP contribution in [0.4, 0.5) is 5.69 Å². The van der Waals surface area contributed by atoms with Gasteiger partial charge < -0.3 is 19.9 Å². The van der Waals surface area contributed by atoms with Gasteiger partial charge in [0.15, 0.2) is 6.29 Å². The molecule has 1 heterocycles. The number of carbonyl (C=O) groups excluding carboxylic acids is 1. The number of aliphatic hydroxyl groups is 1. The number of aliphatic hydroxyl groups excluding tert-OH is 1. The summed E-state index contributed by atoms with van der Waals surface area (Å²) in [5, 5.41) is 12.2. The molecule has 4 atom stereocenters. The zero-order valence-electron chi connectivity index (χ0n) is 24.3. The highest BCUT2D eigenvalue weighted by atomic mass is 35.6. The van der Waals surface area contributed by atoms with E-state index in [0.29, 0.717) is 12.2 Å². The van der Waals surface area contributed by atoms with E-state index in [9.17, 15) is 9.90 Å². The number of hydrogen-bond donors (Lipinski definition) is 2. The Labute approximate surface area is 273 Å². The van der Waals surface area contributed by atoms with Crippen LogP contribution < -0.4 is 5.32 Å². The highest BCUT2D eigenvalue weighted by molar-refractivity contribution is 6.76. The lowest BCUT2D eigenvalue weighted by molar-refractivity contribution is -0.276. The van der Waals surface area contributed by atoms with Gasteiger partial charge in [0, 0.05) is 36.8 Å². The summed E-state index contributed by atoms with van der Waals surface area (Å²) in [6.07, 6.45) is -1.22. The fourth-order valence-electron chi connectivity index (χ4n) is 5.42. The van der Waals surface area contributed by atoms with Crippen LogP contribution in [0.3, 0.4) is 0 Å². The van der Waals surface area contributed by atoms with Crippen molar-refractivity contribution in [1.82, 2.24) is 4.90 Å². The molecule has 0 aliphatic carbocycles. The molecule has 1 amide bonds. The van der Waals surface area contributed by atoms with E-state index >= 15 is 0 Å². The minimum absolute atomic E-state index is 0.00693. The largest absolute Gasteiger partial charge is 0.392 e. The Hall–Kier alpha value is -2.94. The van der Waals surface area contributed by atoms with E-state index < -0.39 is 16.0 Å². The number of carbonyl (C=O) groups is 1. The van der Waals surface area contributed by atoms with Crippen LogP contribution in [0.2, 0.25) is 0 Å². The highest BCUT2D eigenvalue weighted by Gasteiger charge is 2.39. The molecule has 0 spiro atoms. The first-order valence-corrected chi connectivity index (χ1v) is 15.6. The molecular formula is C35H35Cl3N2O4. The van der Waals surface area contributed by atoms with Gasteiger partial charge in [-0.05, 0) is 34.4 Å². The fourth-order valence-corrected chi connectivity index (χ4v) is 5.56. The maximum Gasteiger partial charge on any atom is 0.276 e. The molecule has 1 aliphatic heterocycles. The number of benzene rings is 4. The van der Waals surface area contributed by atoms with Crippen molar-refractivity contribution in [2.24, 2.45) is 5.92 Å². The fraction of sp³-hybridized carbons (Fsp3) is 0.286. The van der Waals surface area contributed by atoms with Crippen molar-refractivity contribution in [1.29, 1.82) is 0 Å². The van der Waals surface area contributed by atoms with Gasteiger partial charge in [-0.3, -0.25) is 9.69 Å². The summed E-state index contributed by atoms with van der Waals surface area (Å²) in [4.78, 5) is 14.7. The van der Waals surface area contributed by atoms with Crippen molar-refractivity contribution in [2.45, 2.75) is 48.9 Å². The maximum absolute atomic E-state index is 12.3. The minimum atomic E-state index is -2.10. The van der Waals surface area contributed by atoms with Gasteiger partial charge >= 0.3 is 0 Å². The molecule has 44 heavy (non-hydrogen) atoms. The first-order chi connectivity index (χ1) is 21.2. The molecule has 4 unspecified atom stereocenters. The average Bonchev–Trinajstić information content (AvgIpc) is 3.03. The van der Waals surface area contributed by atoms with Gasteiger partial charge in [-0.1, -0.05) is 139 Å². The number of anilines is 1. The Morgan fingerprint density at radius 1 is 0.795 bits per heavy atom. The number of amides is 1. The van der Waals surface area contributed by atoms with Gasteiger partial charge in [0.2, 0.25) is 0 Å². The average molecular weight is 654 g/mol. The van der Waals surface area contributed by atoms with Crippen LogP contribution in [-0.4, -0.2) is 32.4 Å². The van der Waals surface area contributed by atoms with Crippen molar-refractivity contribution in [3.8, 4) is 0 Å². The molecule has 6 nitrogen and oxygen atoms in total. The van der Waals surface area contributed by atoms with E-state index in [1.54, 1.807) is 18.2 Å². The van der Waals surface area contributed by atoms with Crippen molar-refractivity contribution in [2.75, 3.05) is 11.9 Å². The van der Waals surface area contributed by atoms with Crippen LogP contribution in [0.1, 0.15) is 47.1 Å². The normalized spacial score (nSPS) is 20.4. The van der Waals surface area contributed by atoms with Gasteiger partial charge in [-0.2, -0.15) is 0 Å². The third-order valence-corrected chi connectivity index (χ3v) is 8.25. The molecule has 5 rings (SSSR count). The first kappa shape index (κ1) is 32.5. The zero-order chi connectivity index (χ0) is 31.1. The molecular weight excluding hydrogens is 619 g/mol. The monoisotopic (exact) mass is 652 g/mol. The number of ether oxygens (including phenoxy) is 2. The molecule has 0 aromatic heterocycles. The SMILES string of the molecule is CC1C(CN(Cc2ccccc2)Cc2ccccc2)OC(c2cccc(NC(=O)C(Cl)(Cl)Cl)c2)OC1c1ccc(CO)cc1. The number of nitrogens with one attached hydrogen (secondary N) is 1. The smallest absolute Gasteiger partial charge is 0.276 e. The van der Waals surface area contributed by atoms with E-state index in [-0.39, 0.29) is 24.7 Å². The Morgan fingerprint density at radius 3 is 1.98 bits per heavy atom. The summed E-state index contributed by atoms with van der Waals surface area (Å²) in [6, 6.07) is 35.8. The molecule has 0 saturated carbocycles. The van der Waals surface area contributed by atoms with Crippen LogP contribution in [0.25, 0.3) is 0 Å². The third-order valence-electron chi connectivity index (χ3n) is 7.73. The molecule has 9 heteroatoms. The summed E-state index contributed by atoms with van der Waals surface area (Å²) in [5.74, 6) is -0.761. The van der Waals surface area contributed by atoms with E-state index in [1.165, 1.54) is 11.1 Å². The molecule has 230 valence electrons. The van der Waals surface area contributed by atoms with Crippen LogP contribution in [0.5, 0.6) is 0 Å². The second kappa shape index (κ2) is 14.9. The number of alkyl halides is 3. The minimum Gasteiger partial charge on any atom is -0.392 e. The van der Waals surface area contributed by atoms with E-state index in [2.05, 4.69) is 65.7 Å². The van der Waals surface area contributed by atoms with Gasteiger partial charge in [-0.15, -0.1) is 0 Å². The van der Waals surface area contributed by atoms with Crippen molar-refractivity contribution in [3.63, 3.8) is 0 Å². The standard InChI is InChI=1S/C35H35Cl3N2O4/c1-24-31(22-40(20-25-9-4-2-5-10-25)21-26-11-6-3-7-12-26)43-33(44-32(24)28-17-15-27(23-41)16-18-28)29-13-8-14-30(19-29)39-34(42)35(36,37)38/h2-19,24,31-33,41H,20-23H2,1H3,(H,39,42). The molecule has 0 radical (unpaired) electrons. The second-order valence-electron chi connectivity index (χ2n) is 11.0. The van der Waals surface area contributed by atoms with Gasteiger partial charge in [0.05, 0.1) is 18.8 Å². The summed E-state index contributed by atoms with van der Waals surface area (Å²) in [6.45, 7) is 4.27. The Kier molecular flexibility index (Phi) is 11.0. The van der Waals surface area contributed by atoms with Crippen LogP contribution in [0, 0.1) is 5.92 Å². The number of rotatable bonds is 10. The number of nitrogens with zero attached hydrogens (tertiary/aromatic N) is 1. The van der Waals surface area contributed by atoms with E-state index in [1.807, 2.05) is 42.5 Å². The van der Waals surface area contributed by atoms with Crippen molar-refractivity contribution in [3.05, 3.63) is 137 Å². The van der Waals surface area contributed by atoms with E-state index in [4.69, 9.17) is 44.3 Å². The van der Waals surface area contributed by atoms with E-state index in [0.717, 1.165) is 29.8 Å². The zero-order valence-corrected chi connectivity index (χ0v) is 26.6. The number of hydrogen-bond acceptors (Lipinski definition) is 5. The van der Waals surface area contributed by atoms with Crippen LogP contribution >= 0.6 is 34.8 Å². The molecule has 2 N–H and O–H groups in total. The topological polar surface area (TPSA) is 71.0 Å². The lowest BCUT2D eigenvalue weighted by atomic mass is 9.89. The Balaban J connectivity index is 1.45. The number of halogens is 3. The maximum atomic E-state index is 12.3. The predicted molar refractivity (Wildman–Crippen MR) is 175 cm³/mol. The lowest BCUT2D eigenvalue weighted by Gasteiger charge is -2.43. The van der Waals surface area contributed by atoms with Gasteiger partial charge in [0.1, 0.15) is 0 Å². The molecule has 1 aliphatic rings. The lowest BCUT2D eigenvalue weighted by Crippen LogP contribution is -2.44. The van der Waals surface area contributed by atoms with Crippen molar-refractivity contribution >= 4 is 46.4 Å². The van der Waals surface area contributed by atoms with Crippen molar-refractivity contribution < 1.29 is 19.4 Å². The van der Waals surface area contributed by atoms with Crippen LogP contribution in [-0.2, 0) is 34.0 Å². The Bertz CT molecular complexity index is 1460. The van der Waals surface area contributed by atoms with Gasteiger partial charge in [-0.25, -0.2) is 0 Å². The quantitative estimate of drug-likeness (QED) is 0.170. The molecule has 4 aromatic rings. The summed E-state index contributed by atoms with van der Waals surface area (Å²) < 4.78 is 11.2. The summed E-state index contributed by atoms with van der Waals surface area (Å²) in [5.41, 5.74) is 5.43. The Morgan fingerprint density at radius 2 is 1.41 bits per heavy atom. The molecule has 1 saturated heterocycles. The second-order valence-corrected chi connectivity index (χ2v) is 13.3. The first-order valence-electron chi connectivity index (χ1n) is 14.5. The predicted octanol–water partition coefficient (Wildman–Crippen LogP) is 7.98. The van der Waals surface area contributed by atoms with Crippen LogP contribution in [0.15, 0.2) is 109 Å². The molecule has 0 bridgehead atoms. The van der Waals surface area contributed by atoms with Gasteiger partial charge in [0.25, 0.3) is 9.70 Å². The molecule has 4 aromatic carbocycles. The third kappa shape index (κ3) is 8.61. The summed E-state index contributed by atoms with van der Waals surface area (Å²) >= 11 is 17.3. The highest BCUT2D eigenvalue weighted by Crippen LogP contribution is 2.42. The molecule has 1 fully saturated rings. The summed E-state index contributed by atoms with van der Waals surface area (Å²) in [7, 11) is 0.